The molecule has 0 bridgehead atoms. The molecule has 3 rings (SSSR count). The summed E-state index contributed by atoms with van der Waals surface area (Å²) in [5.41, 5.74) is 4.22. The van der Waals surface area contributed by atoms with Gasteiger partial charge in [-0.15, -0.1) is 0 Å². The number of nitrogens with two attached hydrogens (primary N) is 1. The minimum atomic E-state index is -4.61. The number of methoxy groups -OCH3 is 1. The topological polar surface area (TPSA) is 219 Å². The summed E-state index contributed by atoms with van der Waals surface area (Å²) in [6.07, 6.45) is -2.16. The summed E-state index contributed by atoms with van der Waals surface area (Å²) < 4.78 is 50.9. The van der Waals surface area contributed by atoms with E-state index in [0.29, 0.717) is 12.1 Å². The maximum atomic E-state index is 14.6. The monoisotopic (exact) mass is 787 g/mol. The minimum absolute atomic E-state index is 0.0670. The summed E-state index contributed by atoms with van der Waals surface area (Å²) in [7, 11) is -3.46. The molecule has 0 amide bonds. The summed E-state index contributed by atoms with van der Waals surface area (Å²) in [6.45, 7) is 15.6. The van der Waals surface area contributed by atoms with Crippen LogP contribution in [-0.4, -0.2) is 94.1 Å². The maximum absolute atomic E-state index is 14.6. The Balaban J connectivity index is 2.07. The van der Waals surface area contributed by atoms with Gasteiger partial charge in [-0.05, 0) is 58.9 Å². The second kappa shape index (κ2) is 19.8. The standard InChI is InChI=1S/C37H54N7O10P/c1-23(2)34(45)52-31(29-16-17-30-33(39)40-22-41-44(29)30)32(53-35(46)24(3)4)37(20-38,49-10)21-51-55(48,54-28-14-12-11-13-15-28)42-27(9)36(47)50-19-18-43(25(5)6)26(7)8/h11-17,22-27,31-32H,18-19,21H2,1-10H3,(H,42,48)(H2,39,40,41)/t27-,31-,32-,37+,55?/m0/s1. The Bertz CT molecular complexity index is 1820. The summed E-state index contributed by atoms with van der Waals surface area (Å²) in [6, 6.07) is 12.3. The molecule has 0 spiro atoms. The van der Waals surface area contributed by atoms with Crippen molar-refractivity contribution in [3.05, 3.63) is 54.5 Å². The number of carbonyl (C=O) groups excluding carboxylic acids is 3. The number of rotatable bonds is 21. The van der Waals surface area contributed by atoms with Gasteiger partial charge in [-0.1, -0.05) is 45.9 Å². The van der Waals surface area contributed by atoms with Gasteiger partial charge in [0.1, 0.15) is 42.9 Å². The minimum Gasteiger partial charge on any atom is -0.463 e. The lowest BCUT2D eigenvalue weighted by molar-refractivity contribution is -0.197. The zero-order chi connectivity index (χ0) is 41.1. The number of para-hydroxylation sites is 1. The van der Waals surface area contributed by atoms with Crippen molar-refractivity contribution < 1.29 is 46.9 Å². The first-order valence-electron chi connectivity index (χ1n) is 18.0. The number of ether oxygens (including phenoxy) is 4. The van der Waals surface area contributed by atoms with Crippen molar-refractivity contribution in [2.24, 2.45) is 11.8 Å². The second-order valence-corrected chi connectivity index (χ2v) is 15.7. The summed E-state index contributed by atoms with van der Waals surface area (Å²) >= 11 is 0. The van der Waals surface area contributed by atoms with Crippen molar-refractivity contribution >= 4 is 37.0 Å². The van der Waals surface area contributed by atoms with Gasteiger partial charge in [-0.25, -0.2) is 14.1 Å². The van der Waals surface area contributed by atoms with E-state index in [4.69, 9.17) is 33.7 Å². The van der Waals surface area contributed by atoms with Gasteiger partial charge >= 0.3 is 25.7 Å². The van der Waals surface area contributed by atoms with Crippen LogP contribution in [-0.2, 0) is 42.4 Å². The Labute approximate surface area is 322 Å². The van der Waals surface area contributed by atoms with Gasteiger partial charge in [0.2, 0.25) is 5.60 Å². The fourth-order valence-corrected chi connectivity index (χ4v) is 6.98. The highest BCUT2D eigenvalue weighted by Gasteiger charge is 2.53. The van der Waals surface area contributed by atoms with Crippen molar-refractivity contribution in [2.75, 3.05) is 32.6 Å². The normalized spacial score (nSPS) is 15.7. The number of nitrogens with one attached hydrogen (secondary N) is 1. The molecule has 0 aliphatic heterocycles. The highest BCUT2D eigenvalue weighted by atomic mass is 31.2. The molecule has 0 saturated carbocycles. The molecule has 18 heteroatoms. The first-order chi connectivity index (χ1) is 25.9. The predicted molar refractivity (Wildman–Crippen MR) is 202 cm³/mol. The number of aromatic nitrogens is 3. The number of hydrogen-bond donors (Lipinski definition) is 2. The molecule has 302 valence electrons. The van der Waals surface area contributed by atoms with Crippen LogP contribution >= 0.6 is 7.75 Å². The summed E-state index contributed by atoms with van der Waals surface area (Å²) in [5, 5.41) is 17.7. The van der Waals surface area contributed by atoms with E-state index in [-0.39, 0.29) is 36.0 Å². The van der Waals surface area contributed by atoms with Crippen LogP contribution in [0.4, 0.5) is 5.82 Å². The Morgan fingerprint density at radius 2 is 1.56 bits per heavy atom. The van der Waals surface area contributed by atoms with Gasteiger partial charge < -0.3 is 29.2 Å². The lowest BCUT2D eigenvalue weighted by atomic mass is 9.92. The van der Waals surface area contributed by atoms with E-state index in [1.807, 2.05) is 33.8 Å². The molecular formula is C37H54N7O10P. The fraction of sp³-hybridized carbons (Fsp3) is 0.568. The molecule has 17 nitrogen and oxygen atoms in total. The van der Waals surface area contributed by atoms with Crippen molar-refractivity contribution in [2.45, 2.75) is 98.2 Å². The van der Waals surface area contributed by atoms with E-state index in [0.717, 1.165) is 7.11 Å². The van der Waals surface area contributed by atoms with Crippen LogP contribution in [0.3, 0.4) is 0 Å². The number of carbonyl (C=O) groups is 3. The molecular weight excluding hydrogens is 733 g/mol. The van der Waals surface area contributed by atoms with E-state index in [2.05, 4.69) is 20.1 Å². The van der Waals surface area contributed by atoms with Crippen LogP contribution in [0.25, 0.3) is 5.52 Å². The number of nitriles is 1. The van der Waals surface area contributed by atoms with Gasteiger partial charge in [0, 0.05) is 25.7 Å². The third kappa shape index (κ3) is 11.7. The Hall–Kier alpha value is -4.59. The highest BCUT2D eigenvalue weighted by molar-refractivity contribution is 7.52. The van der Waals surface area contributed by atoms with E-state index in [9.17, 15) is 24.2 Å². The van der Waals surface area contributed by atoms with E-state index in [1.54, 1.807) is 52.0 Å². The number of esters is 3. The molecule has 1 aromatic carbocycles. The molecule has 55 heavy (non-hydrogen) atoms. The molecule has 0 aliphatic carbocycles. The van der Waals surface area contributed by atoms with Crippen molar-refractivity contribution in [3.63, 3.8) is 0 Å². The van der Waals surface area contributed by atoms with Crippen molar-refractivity contribution in [1.29, 1.82) is 5.26 Å². The quantitative estimate of drug-likeness (QED) is 0.0835. The molecule has 2 aromatic heterocycles. The van der Waals surface area contributed by atoms with Crippen molar-refractivity contribution in [1.82, 2.24) is 24.6 Å². The van der Waals surface area contributed by atoms with Gasteiger partial charge in [-0.2, -0.15) is 15.4 Å². The molecule has 1 unspecified atom stereocenters. The first kappa shape index (κ1) is 44.8. The van der Waals surface area contributed by atoms with Crippen LogP contribution in [0.2, 0.25) is 0 Å². The van der Waals surface area contributed by atoms with Crippen molar-refractivity contribution in [3.8, 4) is 11.8 Å². The number of hydrogen-bond acceptors (Lipinski definition) is 15. The molecule has 0 fully saturated rings. The number of nitrogen functional groups attached to an aromatic ring is 1. The van der Waals surface area contributed by atoms with Crippen LogP contribution in [0, 0.1) is 23.2 Å². The van der Waals surface area contributed by atoms with Gasteiger partial charge in [0.25, 0.3) is 0 Å². The van der Waals surface area contributed by atoms with Gasteiger partial charge in [0.15, 0.2) is 18.0 Å². The van der Waals surface area contributed by atoms with E-state index in [1.165, 1.54) is 36.0 Å². The number of benzene rings is 1. The fourth-order valence-electron chi connectivity index (χ4n) is 5.46. The first-order valence-corrected chi connectivity index (χ1v) is 19.6. The molecule has 2 heterocycles. The van der Waals surface area contributed by atoms with Crippen LogP contribution in [0.5, 0.6) is 5.75 Å². The van der Waals surface area contributed by atoms with Gasteiger partial charge in [-0.3, -0.25) is 23.8 Å². The molecule has 3 N–H and O–H groups in total. The van der Waals surface area contributed by atoms with E-state index >= 15 is 0 Å². The second-order valence-electron chi connectivity index (χ2n) is 14.0. The molecule has 5 atom stereocenters. The molecule has 0 aliphatic rings. The summed E-state index contributed by atoms with van der Waals surface area (Å²) in [4.78, 5) is 45.9. The lowest BCUT2D eigenvalue weighted by Gasteiger charge is -2.38. The van der Waals surface area contributed by atoms with Crippen LogP contribution in [0.1, 0.15) is 74.1 Å². The maximum Gasteiger partial charge on any atom is 0.459 e. The number of nitrogens with zero attached hydrogens (tertiary/aromatic N) is 5. The lowest BCUT2D eigenvalue weighted by Crippen LogP contribution is -2.54. The zero-order valence-electron chi connectivity index (χ0n) is 33.1. The Morgan fingerprint density at radius 1 is 0.945 bits per heavy atom. The van der Waals surface area contributed by atoms with Gasteiger partial charge in [0.05, 0.1) is 17.5 Å². The Morgan fingerprint density at radius 3 is 2.13 bits per heavy atom. The third-order valence-corrected chi connectivity index (χ3v) is 10.2. The smallest absolute Gasteiger partial charge is 0.459 e. The summed E-state index contributed by atoms with van der Waals surface area (Å²) in [5.74, 6) is -3.41. The highest BCUT2D eigenvalue weighted by Crippen LogP contribution is 2.47. The van der Waals surface area contributed by atoms with Crippen LogP contribution in [0.15, 0.2) is 48.8 Å². The SMILES string of the molecule is CO[C@](C#N)(COP(=O)(N[C@@H](C)C(=O)OCCN(C(C)C)C(C)C)Oc1ccccc1)[C@@H](OC(=O)C(C)C)[C@@H](OC(=O)C(C)C)c1ccc2c(N)ncnn12. The Kier molecular flexibility index (Phi) is 16.2. The average molecular weight is 788 g/mol. The number of fused-ring (bicyclic) bond motifs is 1. The molecule has 3 aromatic rings. The number of anilines is 1. The average Bonchev–Trinajstić information content (AvgIpc) is 3.57. The van der Waals surface area contributed by atoms with Crippen LogP contribution < -0.4 is 15.3 Å². The molecule has 0 saturated heterocycles. The zero-order valence-corrected chi connectivity index (χ0v) is 34.0. The molecule has 0 radical (unpaired) electrons. The van der Waals surface area contributed by atoms with E-state index < -0.39 is 67.9 Å². The largest absolute Gasteiger partial charge is 0.463 e. The third-order valence-electron chi connectivity index (χ3n) is 8.56. The predicted octanol–water partition coefficient (Wildman–Crippen LogP) is 4.87.